The highest BCUT2D eigenvalue weighted by molar-refractivity contribution is 14.0. The smallest absolute Gasteiger partial charge is 0.213 e. The Balaban J connectivity index is 0.00000320. The van der Waals surface area contributed by atoms with Gasteiger partial charge in [-0.3, -0.25) is 0 Å². The number of guanidine groups is 1. The Hall–Kier alpha value is -2.07. The summed E-state index contributed by atoms with van der Waals surface area (Å²) in [5.41, 5.74) is 3.11. The van der Waals surface area contributed by atoms with Crippen LogP contribution in [0.5, 0.6) is 11.6 Å². The third kappa shape index (κ3) is 7.32. The van der Waals surface area contributed by atoms with E-state index in [0.29, 0.717) is 25.6 Å². The van der Waals surface area contributed by atoms with Gasteiger partial charge in [0.15, 0.2) is 5.96 Å². The molecule has 30 heavy (non-hydrogen) atoms. The second-order valence-corrected chi connectivity index (χ2v) is 6.93. The largest absolute Gasteiger partial charge is 0.488 e. The average molecular weight is 526 g/mol. The maximum absolute atomic E-state index is 6.18. The van der Waals surface area contributed by atoms with Crippen molar-refractivity contribution in [1.29, 1.82) is 0 Å². The van der Waals surface area contributed by atoms with Crippen LogP contribution in [0.25, 0.3) is 0 Å². The molecule has 1 saturated heterocycles. The van der Waals surface area contributed by atoms with Crippen molar-refractivity contribution >= 4 is 29.9 Å². The summed E-state index contributed by atoms with van der Waals surface area (Å²) in [6.07, 6.45) is 1.04. The Morgan fingerprint density at radius 2 is 2.13 bits per heavy atom. The van der Waals surface area contributed by atoms with Crippen LogP contribution in [0, 0.1) is 6.92 Å². The third-order valence-corrected chi connectivity index (χ3v) is 4.58. The number of pyridine rings is 1. The lowest BCUT2D eigenvalue weighted by Crippen LogP contribution is -2.37. The molecule has 3 rings (SSSR count). The van der Waals surface area contributed by atoms with Crippen molar-refractivity contribution in [3.8, 4) is 11.6 Å². The van der Waals surface area contributed by atoms with Gasteiger partial charge >= 0.3 is 0 Å². The van der Waals surface area contributed by atoms with Crippen molar-refractivity contribution in [2.45, 2.75) is 39.5 Å². The minimum absolute atomic E-state index is 0. The molecule has 0 spiro atoms. The SMILES string of the molecule is CCNC(=NCc1ccc(C)cc1OC1CCOC1)NCc1cccc(OC)n1.I. The number of halogens is 1. The molecule has 1 unspecified atom stereocenters. The standard InChI is InChI=1S/C22H30N4O3.HI/c1-4-23-22(25-14-18-6-5-7-21(26-18)27-3)24-13-17-9-8-16(2)12-20(17)29-19-10-11-28-15-19;/h5-9,12,19H,4,10-11,13-15H2,1-3H3,(H2,23,24,25);1H. The zero-order valence-corrected chi connectivity index (χ0v) is 20.1. The summed E-state index contributed by atoms with van der Waals surface area (Å²) < 4.78 is 16.8. The first-order valence-electron chi connectivity index (χ1n) is 10.0. The predicted octanol–water partition coefficient (Wildman–Crippen LogP) is 3.44. The number of aromatic nitrogens is 1. The highest BCUT2D eigenvalue weighted by atomic mass is 127. The Morgan fingerprint density at radius 3 is 2.87 bits per heavy atom. The maximum atomic E-state index is 6.18. The van der Waals surface area contributed by atoms with Gasteiger partial charge in [-0.05, 0) is 31.5 Å². The van der Waals surface area contributed by atoms with E-state index in [9.17, 15) is 0 Å². The van der Waals surface area contributed by atoms with Crippen molar-refractivity contribution in [2.24, 2.45) is 4.99 Å². The summed E-state index contributed by atoms with van der Waals surface area (Å²) in [5.74, 6) is 2.21. The lowest BCUT2D eigenvalue weighted by molar-refractivity contribution is 0.140. The van der Waals surface area contributed by atoms with E-state index in [1.807, 2.05) is 25.1 Å². The lowest BCUT2D eigenvalue weighted by atomic mass is 10.1. The highest BCUT2D eigenvalue weighted by Gasteiger charge is 2.18. The number of hydrogen-bond acceptors (Lipinski definition) is 5. The van der Waals surface area contributed by atoms with E-state index >= 15 is 0 Å². The monoisotopic (exact) mass is 526 g/mol. The molecule has 1 fully saturated rings. The van der Waals surface area contributed by atoms with Crippen LogP contribution in [0.1, 0.15) is 30.2 Å². The molecule has 0 saturated carbocycles. The molecule has 2 aromatic rings. The minimum Gasteiger partial charge on any atom is -0.488 e. The van der Waals surface area contributed by atoms with E-state index in [-0.39, 0.29) is 30.1 Å². The van der Waals surface area contributed by atoms with Gasteiger partial charge in [0.25, 0.3) is 0 Å². The first-order chi connectivity index (χ1) is 14.2. The molecular formula is C22H31IN4O3. The number of benzene rings is 1. The summed E-state index contributed by atoms with van der Waals surface area (Å²) >= 11 is 0. The predicted molar refractivity (Wildman–Crippen MR) is 129 cm³/mol. The van der Waals surface area contributed by atoms with Crippen LogP contribution < -0.4 is 20.1 Å². The Morgan fingerprint density at radius 1 is 1.27 bits per heavy atom. The molecular weight excluding hydrogens is 495 g/mol. The van der Waals surface area contributed by atoms with E-state index in [4.69, 9.17) is 19.2 Å². The van der Waals surface area contributed by atoms with Crippen molar-refractivity contribution in [3.05, 3.63) is 53.2 Å². The molecule has 1 aromatic carbocycles. The van der Waals surface area contributed by atoms with Gasteiger partial charge in [0.05, 0.1) is 39.1 Å². The second-order valence-electron chi connectivity index (χ2n) is 6.93. The normalized spacial score (nSPS) is 16.0. The quantitative estimate of drug-likeness (QED) is 0.312. The number of hydrogen-bond donors (Lipinski definition) is 2. The van der Waals surface area contributed by atoms with Crippen LogP contribution >= 0.6 is 24.0 Å². The Labute approximate surface area is 195 Å². The topological polar surface area (TPSA) is 77.0 Å². The van der Waals surface area contributed by atoms with Gasteiger partial charge < -0.3 is 24.8 Å². The summed E-state index contributed by atoms with van der Waals surface area (Å²) in [7, 11) is 1.62. The van der Waals surface area contributed by atoms with Crippen LogP contribution in [-0.4, -0.2) is 43.9 Å². The molecule has 1 aliphatic rings. The average Bonchev–Trinajstić information content (AvgIpc) is 3.24. The zero-order valence-electron chi connectivity index (χ0n) is 17.8. The van der Waals surface area contributed by atoms with Gasteiger partial charge in [-0.1, -0.05) is 18.2 Å². The van der Waals surface area contributed by atoms with E-state index in [0.717, 1.165) is 42.5 Å². The van der Waals surface area contributed by atoms with Crippen LogP contribution in [0.3, 0.4) is 0 Å². The number of rotatable bonds is 8. The molecule has 0 bridgehead atoms. The van der Waals surface area contributed by atoms with Crippen molar-refractivity contribution in [3.63, 3.8) is 0 Å². The van der Waals surface area contributed by atoms with E-state index in [1.54, 1.807) is 7.11 Å². The van der Waals surface area contributed by atoms with Gasteiger partial charge in [0, 0.05) is 24.6 Å². The highest BCUT2D eigenvalue weighted by Crippen LogP contribution is 2.24. The fourth-order valence-electron chi connectivity index (χ4n) is 3.04. The molecule has 1 atom stereocenters. The molecule has 7 nitrogen and oxygen atoms in total. The first kappa shape index (κ1) is 24.2. The molecule has 8 heteroatoms. The molecule has 0 radical (unpaired) electrons. The van der Waals surface area contributed by atoms with Gasteiger partial charge in [-0.15, -0.1) is 24.0 Å². The van der Waals surface area contributed by atoms with Crippen LogP contribution in [0.4, 0.5) is 0 Å². The molecule has 1 aromatic heterocycles. The van der Waals surface area contributed by atoms with Crippen LogP contribution in [0.2, 0.25) is 0 Å². The summed E-state index contributed by atoms with van der Waals surface area (Å²) in [6, 6.07) is 11.9. The Kier molecular flexibility index (Phi) is 10.2. The number of ether oxygens (including phenoxy) is 3. The van der Waals surface area contributed by atoms with E-state index in [1.165, 1.54) is 5.56 Å². The molecule has 0 aliphatic carbocycles. The van der Waals surface area contributed by atoms with Gasteiger partial charge in [0.2, 0.25) is 5.88 Å². The number of aliphatic imine (C=N–C) groups is 1. The molecule has 164 valence electrons. The number of methoxy groups -OCH3 is 1. The van der Waals surface area contributed by atoms with E-state index < -0.39 is 0 Å². The fourth-order valence-corrected chi connectivity index (χ4v) is 3.04. The summed E-state index contributed by atoms with van der Waals surface area (Å²) in [4.78, 5) is 9.15. The van der Waals surface area contributed by atoms with E-state index in [2.05, 4.69) is 40.7 Å². The summed E-state index contributed by atoms with van der Waals surface area (Å²) in [5, 5.41) is 6.60. The first-order valence-corrected chi connectivity index (χ1v) is 10.0. The minimum atomic E-state index is 0. The van der Waals surface area contributed by atoms with Crippen molar-refractivity contribution in [2.75, 3.05) is 26.9 Å². The maximum Gasteiger partial charge on any atom is 0.213 e. The third-order valence-electron chi connectivity index (χ3n) is 4.58. The van der Waals surface area contributed by atoms with Gasteiger partial charge in [-0.2, -0.15) is 0 Å². The Bertz CT molecular complexity index is 826. The fraction of sp³-hybridized carbons (Fsp3) is 0.455. The lowest BCUT2D eigenvalue weighted by Gasteiger charge is -2.16. The molecule has 2 heterocycles. The van der Waals surface area contributed by atoms with Crippen LogP contribution in [-0.2, 0) is 17.8 Å². The van der Waals surface area contributed by atoms with Crippen LogP contribution in [0.15, 0.2) is 41.4 Å². The molecule has 2 N–H and O–H groups in total. The zero-order chi connectivity index (χ0) is 20.5. The molecule has 0 amide bonds. The number of aryl methyl sites for hydroxylation is 1. The molecule has 1 aliphatic heterocycles. The summed E-state index contributed by atoms with van der Waals surface area (Å²) in [6.45, 7) is 7.36. The number of nitrogens with one attached hydrogen (secondary N) is 2. The number of nitrogens with zero attached hydrogens (tertiary/aromatic N) is 2. The van der Waals surface area contributed by atoms with Crippen molar-refractivity contribution < 1.29 is 14.2 Å². The second kappa shape index (κ2) is 12.6. The van der Waals surface area contributed by atoms with Gasteiger partial charge in [0.1, 0.15) is 11.9 Å². The van der Waals surface area contributed by atoms with Gasteiger partial charge in [-0.25, -0.2) is 9.98 Å². The van der Waals surface area contributed by atoms with Crippen molar-refractivity contribution in [1.82, 2.24) is 15.6 Å².